The summed E-state index contributed by atoms with van der Waals surface area (Å²) in [5.74, 6) is 0.156. The molecule has 1 atom stereocenters. The maximum absolute atomic E-state index is 12.5. The Hall–Kier alpha value is -2.82. The summed E-state index contributed by atoms with van der Waals surface area (Å²) in [6.45, 7) is 4.41. The number of carbonyl (C=O) groups is 2. The lowest BCUT2D eigenvalue weighted by Crippen LogP contribution is -2.28. The van der Waals surface area contributed by atoms with Gasteiger partial charge in [0.25, 0.3) is 0 Å². The Labute approximate surface area is 147 Å². The molecule has 1 fully saturated rings. The molecule has 5 heteroatoms. The van der Waals surface area contributed by atoms with Crippen molar-refractivity contribution in [2.45, 2.75) is 20.3 Å². The quantitative estimate of drug-likeness (QED) is 0.930. The molecule has 1 unspecified atom stereocenters. The Balaban J connectivity index is 1.72. The van der Waals surface area contributed by atoms with Crippen molar-refractivity contribution in [2.24, 2.45) is 5.92 Å². The van der Waals surface area contributed by atoms with Crippen LogP contribution in [0.15, 0.2) is 42.5 Å². The highest BCUT2D eigenvalue weighted by Crippen LogP contribution is 2.29. The van der Waals surface area contributed by atoms with Gasteiger partial charge in [-0.25, -0.2) is 0 Å². The van der Waals surface area contributed by atoms with Gasteiger partial charge < -0.3 is 15.0 Å². The van der Waals surface area contributed by atoms with Gasteiger partial charge in [-0.1, -0.05) is 23.8 Å². The molecule has 1 heterocycles. The van der Waals surface area contributed by atoms with E-state index in [0.29, 0.717) is 18.0 Å². The van der Waals surface area contributed by atoms with Crippen molar-refractivity contribution in [3.8, 4) is 5.75 Å². The molecule has 0 radical (unpaired) electrons. The number of hydrogen-bond acceptors (Lipinski definition) is 3. The first-order chi connectivity index (χ1) is 12.0. The maximum Gasteiger partial charge on any atom is 0.229 e. The number of nitrogens with zero attached hydrogens (tertiary/aromatic N) is 1. The van der Waals surface area contributed by atoms with E-state index in [1.165, 1.54) is 0 Å². The first kappa shape index (κ1) is 17.0. The number of anilines is 2. The third-order valence-electron chi connectivity index (χ3n) is 4.48. The monoisotopic (exact) mass is 338 g/mol. The molecule has 130 valence electrons. The summed E-state index contributed by atoms with van der Waals surface area (Å²) in [5, 5.41) is 2.88. The average Bonchev–Trinajstić information content (AvgIpc) is 2.97. The van der Waals surface area contributed by atoms with Gasteiger partial charge in [-0.2, -0.15) is 0 Å². The van der Waals surface area contributed by atoms with Crippen LogP contribution in [0.5, 0.6) is 5.75 Å². The van der Waals surface area contributed by atoms with Gasteiger partial charge in [0.15, 0.2) is 0 Å². The van der Waals surface area contributed by atoms with Crippen molar-refractivity contribution < 1.29 is 14.3 Å². The predicted octanol–water partition coefficient (Wildman–Crippen LogP) is 3.30. The second kappa shape index (κ2) is 6.97. The fraction of sp³-hybridized carbons (Fsp3) is 0.300. The number of ether oxygens (including phenoxy) is 1. The van der Waals surface area contributed by atoms with E-state index in [4.69, 9.17) is 4.74 Å². The van der Waals surface area contributed by atoms with Crippen molar-refractivity contribution in [3.05, 3.63) is 53.6 Å². The first-order valence-electron chi connectivity index (χ1n) is 8.30. The summed E-state index contributed by atoms with van der Waals surface area (Å²) in [6, 6.07) is 13.2. The van der Waals surface area contributed by atoms with E-state index in [2.05, 4.69) is 5.32 Å². The summed E-state index contributed by atoms with van der Waals surface area (Å²) in [7, 11) is 1.58. The number of aryl methyl sites for hydroxylation is 2. The highest BCUT2D eigenvalue weighted by Gasteiger charge is 2.35. The van der Waals surface area contributed by atoms with Gasteiger partial charge in [0, 0.05) is 30.4 Å². The van der Waals surface area contributed by atoms with E-state index in [0.717, 1.165) is 16.8 Å². The molecule has 1 N–H and O–H groups in total. The zero-order valence-electron chi connectivity index (χ0n) is 14.7. The molecule has 0 aliphatic carbocycles. The molecular weight excluding hydrogens is 316 g/mol. The molecule has 5 nitrogen and oxygen atoms in total. The van der Waals surface area contributed by atoms with Gasteiger partial charge in [0.2, 0.25) is 11.8 Å². The van der Waals surface area contributed by atoms with Crippen LogP contribution in [-0.2, 0) is 9.59 Å². The highest BCUT2D eigenvalue weighted by molar-refractivity contribution is 6.03. The second-order valence-electron chi connectivity index (χ2n) is 6.42. The lowest BCUT2D eigenvalue weighted by Gasteiger charge is -2.19. The van der Waals surface area contributed by atoms with E-state index < -0.39 is 0 Å². The molecule has 0 bridgehead atoms. The van der Waals surface area contributed by atoms with Crippen molar-refractivity contribution in [1.29, 1.82) is 0 Å². The van der Waals surface area contributed by atoms with Gasteiger partial charge in [-0.15, -0.1) is 0 Å². The molecule has 2 aromatic rings. The fourth-order valence-corrected chi connectivity index (χ4v) is 3.17. The smallest absolute Gasteiger partial charge is 0.229 e. The zero-order valence-corrected chi connectivity index (χ0v) is 14.7. The van der Waals surface area contributed by atoms with Crippen molar-refractivity contribution in [1.82, 2.24) is 0 Å². The first-order valence-corrected chi connectivity index (χ1v) is 8.30. The molecule has 1 aliphatic heterocycles. The van der Waals surface area contributed by atoms with Crippen LogP contribution in [0, 0.1) is 19.8 Å². The number of benzene rings is 2. The van der Waals surface area contributed by atoms with Crippen LogP contribution < -0.4 is 15.0 Å². The van der Waals surface area contributed by atoms with Crippen LogP contribution in [0.3, 0.4) is 0 Å². The highest BCUT2D eigenvalue weighted by atomic mass is 16.5. The van der Waals surface area contributed by atoms with E-state index >= 15 is 0 Å². The standard InChI is InChI=1S/C20H22N2O3/c1-13-7-8-18(14(2)9-13)22-12-15(10-19(22)23)20(24)21-16-5-4-6-17(11-16)25-3/h4-9,11,15H,10,12H2,1-3H3,(H,21,24). The van der Waals surface area contributed by atoms with E-state index in [1.807, 2.05) is 44.2 Å². The van der Waals surface area contributed by atoms with E-state index in [1.54, 1.807) is 24.1 Å². The van der Waals surface area contributed by atoms with Crippen molar-refractivity contribution in [2.75, 3.05) is 23.9 Å². The van der Waals surface area contributed by atoms with E-state index in [-0.39, 0.29) is 24.2 Å². The number of amides is 2. The van der Waals surface area contributed by atoms with Crippen molar-refractivity contribution in [3.63, 3.8) is 0 Å². The molecule has 3 rings (SSSR count). The van der Waals surface area contributed by atoms with Crippen LogP contribution in [0.2, 0.25) is 0 Å². The largest absolute Gasteiger partial charge is 0.497 e. The summed E-state index contributed by atoms with van der Waals surface area (Å²) in [6.07, 6.45) is 0.225. The van der Waals surface area contributed by atoms with Crippen LogP contribution in [0.4, 0.5) is 11.4 Å². The lowest BCUT2D eigenvalue weighted by atomic mass is 10.1. The molecule has 0 saturated carbocycles. The van der Waals surface area contributed by atoms with E-state index in [9.17, 15) is 9.59 Å². The Kier molecular flexibility index (Phi) is 4.74. The Bertz CT molecular complexity index is 816. The number of hydrogen-bond donors (Lipinski definition) is 1. The lowest BCUT2D eigenvalue weighted by molar-refractivity contribution is -0.122. The molecular formula is C20H22N2O3. The number of methoxy groups -OCH3 is 1. The summed E-state index contributed by atoms with van der Waals surface area (Å²) < 4.78 is 5.16. The van der Waals surface area contributed by atoms with Crippen LogP contribution in [0.1, 0.15) is 17.5 Å². The molecule has 0 aromatic heterocycles. The topological polar surface area (TPSA) is 58.6 Å². The number of rotatable bonds is 4. The van der Waals surface area contributed by atoms with Crippen LogP contribution >= 0.6 is 0 Å². The zero-order chi connectivity index (χ0) is 18.0. The average molecular weight is 338 g/mol. The van der Waals surface area contributed by atoms with Crippen LogP contribution in [0.25, 0.3) is 0 Å². The Morgan fingerprint density at radius 3 is 2.72 bits per heavy atom. The molecule has 25 heavy (non-hydrogen) atoms. The maximum atomic E-state index is 12.5. The van der Waals surface area contributed by atoms with Gasteiger partial charge in [-0.3, -0.25) is 9.59 Å². The molecule has 1 saturated heterocycles. The van der Waals surface area contributed by atoms with Gasteiger partial charge in [0.1, 0.15) is 5.75 Å². The fourth-order valence-electron chi connectivity index (χ4n) is 3.17. The number of nitrogens with one attached hydrogen (secondary N) is 1. The third kappa shape index (κ3) is 3.65. The number of carbonyl (C=O) groups excluding carboxylic acids is 2. The minimum atomic E-state index is -0.362. The van der Waals surface area contributed by atoms with Crippen molar-refractivity contribution >= 4 is 23.2 Å². The van der Waals surface area contributed by atoms with Gasteiger partial charge >= 0.3 is 0 Å². The second-order valence-corrected chi connectivity index (χ2v) is 6.42. The van der Waals surface area contributed by atoms with Gasteiger partial charge in [0.05, 0.1) is 13.0 Å². The normalized spacial score (nSPS) is 16.8. The summed E-state index contributed by atoms with van der Waals surface area (Å²) in [4.78, 5) is 26.7. The van der Waals surface area contributed by atoms with Gasteiger partial charge in [-0.05, 0) is 37.6 Å². The molecule has 0 spiro atoms. The Morgan fingerprint density at radius 1 is 1.20 bits per heavy atom. The molecule has 2 amide bonds. The summed E-state index contributed by atoms with van der Waals surface area (Å²) in [5.41, 5.74) is 3.75. The predicted molar refractivity (Wildman–Crippen MR) is 98.0 cm³/mol. The SMILES string of the molecule is COc1cccc(NC(=O)C2CC(=O)N(c3ccc(C)cc3C)C2)c1. The molecule has 2 aromatic carbocycles. The minimum absolute atomic E-state index is 0.0160. The summed E-state index contributed by atoms with van der Waals surface area (Å²) >= 11 is 0. The third-order valence-corrected chi connectivity index (χ3v) is 4.48. The van der Waals surface area contributed by atoms with Crippen LogP contribution in [-0.4, -0.2) is 25.5 Å². The molecule has 1 aliphatic rings. The Morgan fingerprint density at radius 2 is 2.00 bits per heavy atom. The minimum Gasteiger partial charge on any atom is -0.497 e.